The van der Waals surface area contributed by atoms with Gasteiger partial charge in [0.2, 0.25) is 0 Å². The van der Waals surface area contributed by atoms with Crippen LogP contribution in [0.4, 0.5) is 5.69 Å². The molecular weight excluding hydrogens is 495 g/mol. The SMILES string of the molecule is CCN(CC)c1c(C(=O)N[C@H]2CCOc3ccccc32)cnc2c(-c3cc(Cl)cc(Cl)c3)ccnc12. The van der Waals surface area contributed by atoms with E-state index in [1.165, 1.54) is 0 Å². The summed E-state index contributed by atoms with van der Waals surface area (Å²) in [6.07, 6.45) is 4.08. The molecule has 184 valence electrons. The van der Waals surface area contributed by atoms with Crippen molar-refractivity contribution < 1.29 is 9.53 Å². The molecule has 0 fully saturated rings. The summed E-state index contributed by atoms with van der Waals surface area (Å²) in [4.78, 5) is 25.2. The van der Waals surface area contributed by atoms with Gasteiger partial charge in [-0.05, 0) is 49.7 Å². The number of nitrogens with one attached hydrogen (secondary N) is 1. The minimum atomic E-state index is -0.189. The summed E-state index contributed by atoms with van der Waals surface area (Å²) >= 11 is 12.6. The molecule has 8 heteroatoms. The number of hydrogen-bond acceptors (Lipinski definition) is 5. The van der Waals surface area contributed by atoms with E-state index in [0.717, 1.165) is 28.1 Å². The highest BCUT2D eigenvalue weighted by molar-refractivity contribution is 6.35. The Morgan fingerprint density at radius 1 is 1.06 bits per heavy atom. The predicted molar refractivity (Wildman–Crippen MR) is 145 cm³/mol. The van der Waals surface area contributed by atoms with E-state index >= 15 is 0 Å². The quantitative estimate of drug-likeness (QED) is 0.306. The maximum absolute atomic E-state index is 13.7. The van der Waals surface area contributed by atoms with Gasteiger partial charge in [0.15, 0.2) is 0 Å². The molecule has 0 saturated heterocycles. The predicted octanol–water partition coefficient (Wildman–Crippen LogP) is 6.70. The Morgan fingerprint density at radius 2 is 1.81 bits per heavy atom. The van der Waals surface area contributed by atoms with Gasteiger partial charge in [-0.25, -0.2) is 0 Å². The van der Waals surface area contributed by atoms with Crippen LogP contribution in [-0.2, 0) is 0 Å². The van der Waals surface area contributed by atoms with E-state index in [9.17, 15) is 4.79 Å². The number of aromatic nitrogens is 2. The second-order valence-corrected chi connectivity index (χ2v) is 9.48. The number of para-hydroxylation sites is 1. The molecule has 0 unspecified atom stereocenters. The number of halogens is 2. The molecule has 0 radical (unpaired) electrons. The number of hydrogen-bond donors (Lipinski definition) is 1. The van der Waals surface area contributed by atoms with Crippen LogP contribution < -0.4 is 15.0 Å². The number of carbonyl (C=O) groups is 1. The van der Waals surface area contributed by atoms with Gasteiger partial charge in [-0.1, -0.05) is 41.4 Å². The van der Waals surface area contributed by atoms with Gasteiger partial charge in [0, 0.05) is 53.1 Å². The fourth-order valence-electron chi connectivity index (χ4n) is 4.77. The first-order valence-corrected chi connectivity index (χ1v) is 12.8. The number of amides is 1. The topological polar surface area (TPSA) is 67.4 Å². The molecule has 36 heavy (non-hydrogen) atoms. The molecule has 1 atom stereocenters. The highest BCUT2D eigenvalue weighted by Crippen LogP contribution is 2.37. The van der Waals surface area contributed by atoms with E-state index in [-0.39, 0.29) is 11.9 Å². The van der Waals surface area contributed by atoms with E-state index in [1.807, 2.05) is 42.5 Å². The molecule has 1 aliphatic heterocycles. The molecule has 0 bridgehead atoms. The minimum absolute atomic E-state index is 0.143. The summed E-state index contributed by atoms with van der Waals surface area (Å²) in [6.45, 7) is 6.10. The average molecular weight is 521 g/mol. The summed E-state index contributed by atoms with van der Waals surface area (Å²) in [6, 6.07) is 15.0. The first-order valence-electron chi connectivity index (χ1n) is 12.0. The van der Waals surface area contributed by atoms with Crippen molar-refractivity contribution in [3.05, 3.63) is 82.1 Å². The highest BCUT2D eigenvalue weighted by atomic mass is 35.5. The Bertz CT molecular complexity index is 1420. The molecule has 3 heterocycles. The monoisotopic (exact) mass is 520 g/mol. The average Bonchev–Trinajstić information content (AvgIpc) is 2.88. The van der Waals surface area contributed by atoms with Gasteiger partial charge in [-0.3, -0.25) is 14.8 Å². The molecule has 2 aromatic carbocycles. The first kappa shape index (κ1) is 24.3. The number of rotatable bonds is 6. The minimum Gasteiger partial charge on any atom is -0.493 e. The van der Waals surface area contributed by atoms with Crippen molar-refractivity contribution in [3.63, 3.8) is 0 Å². The maximum Gasteiger partial charge on any atom is 0.255 e. The summed E-state index contributed by atoms with van der Waals surface area (Å²) in [5.74, 6) is 0.618. The molecule has 1 N–H and O–H groups in total. The van der Waals surface area contributed by atoms with Crippen LogP contribution in [-0.4, -0.2) is 35.6 Å². The van der Waals surface area contributed by atoms with Crippen LogP contribution in [0, 0.1) is 0 Å². The largest absolute Gasteiger partial charge is 0.493 e. The van der Waals surface area contributed by atoms with Crippen LogP contribution in [0.3, 0.4) is 0 Å². The fraction of sp³-hybridized carbons (Fsp3) is 0.250. The Labute approximate surface area is 220 Å². The van der Waals surface area contributed by atoms with Crippen molar-refractivity contribution in [2.75, 3.05) is 24.6 Å². The van der Waals surface area contributed by atoms with Crippen molar-refractivity contribution in [1.82, 2.24) is 15.3 Å². The second kappa shape index (κ2) is 10.3. The van der Waals surface area contributed by atoms with E-state index in [0.29, 0.717) is 52.8 Å². The molecule has 1 amide bonds. The number of nitrogens with zero attached hydrogens (tertiary/aromatic N) is 3. The van der Waals surface area contributed by atoms with Crippen LogP contribution >= 0.6 is 23.2 Å². The lowest BCUT2D eigenvalue weighted by Crippen LogP contribution is -2.34. The van der Waals surface area contributed by atoms with E-state index in [1.54, 1.807) is 18.5 Å². The molecule has 0 aliphatic carbocycles. The molecular formula is C28H26Cl2N4O2. The maximum atomic E-state index is 13.7. The lowest BCUT2D eigenvalue weighted by Gasteiger charge is -2.28. The molecule has 0 spiro atoms. The van der Waals surface area contributed by atoms with Crippen LogP contribution in [0.5, 0.6) is 5.75 Å². The zero-order valence-corrected chi connectivity index (χ0v) is 21.6. The van der Waals surface area contributed by atoms with Crippen LogP contribution in [0.25, 0.3) is 22.2 Å². The Balaban J connectivity index is 1.61. The Morgan fingerprint density at radius 3 is 2.56 bits per heavy atom. The van der Waals surface area contributed by atoms with E-state index < -0.39 is 0 Å². The summed E-state index contributed by atoms with van der Waals surface area (Å²) in [5.41, 5.74) is 5.27. The van der Waals surface area contributed by atoms with E-state index in [2.05, 4.69) is 29.0 Å². The third kappa shape index (κ3) is 4.59. The summed E-state index contributed by atoms with van der Waals surface area (Å²) in [7, 11) is 0. The van der Waals surface area contributed by atoms with Gasteiger partial charge in [-0.2, -0.15) is 0 Å². The smallest absolute Gasteiger partial charge is 0.255 e. The van der Waals surface area contributed by atoms with Gasteiger partial charge in [0.05, 0.1) is 29.4 Å². The van der Waals surface area contributed by atoms with Crippen LogP contribution in [0.15, 0.2) is 60.9 Å². The molecule has 1 aliphatic rings. The van der Waals surface area contributed by atoms with Gasteiger partial charge in [0.1, 0.15) is 11.3 Å². The second-order valence-electron chi connectivity index (χ2n) is 8.61. The van der Waals surface area contributed by atoms with Crippen LogP contribution in [0.1, 0.15) is 42.2 Å². The standard InChI is InChI=1S/C28H26Cl2N4O2/c1-3-34(4-2)27-22(28(35)33-23-10-12-36-24-8-6-5-7-21(23)24)16-32-25-20(9-11-31-26(25)27)17-13-18(29)15-19(30)14-17/h5-9,11,13-16,23H,3-4,10,12H2,1-2H3,(H,33,35)/t23-/m0/s1. The van der Waals surface area contributed by atoms with Gasteiger partial charge >= 0.3 is 0 Å². The van der Waals surface area contributed by atoms with Crippen molar-refractivity contribution in [2.45, 2.75) is 26.3 Å². The third-order valence-electron chi connectivity index (χ3n) is 6.49. The fourth-order valence-corrected chi connectivity index (χ4v) is 5.30. The number of pyridine rings is 2. The molecule has 5 rings (SSSR count). The normalized spacial score (nSPS) is 14.7. The van der Waals surface area contributed by atoms with Gasteiger partial charge in [-0.15, -0.1) is 0 Å². The number of benzene rings is 2. The van der Waals surface area contributed by atoms with Crippen molar-refractivity contribution >= 4 is 45.8 Å². The summed E-state index contributed by atoms with van der Waals surface area (Å²) < 4.78 is 5.77. The summed E-state index contributed by atoms with van der Waals surface area (Å²) in [5, 5.41) is 4.29. The number of carbonyl (C=O) groups excluding carboxylic acids is 1. The lowest BCUT2D eigenvalue weighted by molar-refractivity contribution is 0.0925. The molecule has 0 saturated carbocycles. The zero-order valence-electron chi connectivity index (χ0n) is 20.1. The van der Waals surface area contributed by atoms with Gasteiger partial charge < -0.3 is 15.0 Å². The Hall–Kier alpha value is -3.35. The number of ether oxygens (including phenoxy) is 1. The lowest BCUT2D eigenvalue weighted by atomic mass is 9.99. The Kier molecular flexibility index (Phi) is 6.99. The van der Waals surface area contributed by atoms with Crippen molar-refractivity contribution in [3.8, 4) is 16.9 Å². The first-order chi connectivity index (χ1) is 17.5. The number of anilines is 1. The molecule has 6 nitrogen and oxygen atoms in total. The molecule has 2 aromatic heterocycles. The highest BCUT2D eigenvalue weighted by Gasteiger charge is 2.27. The van der Waals surface area contributed by atoms with Crippen molar-refractivity contribution in [2.24, 2.45) is 0 Å². The zero-order chi connectivity index (χ0) is 25.2. The molecule has 4 aromatic rings. The third-order valence-corrected chi connectivity index (χ3v) is 6.92. The van der Waals surface area contributed by atoms with Gasteiger partial charge in [0.25, 0.3) is 5.91 Å². The van der Waals surface area contributed by atoms with Crippen LogP contribution in [0.2, 0.25) is 10.0 Å². The number of fused-ring (bicyclic) bond motifs is 2. The van der Waals surface area contributed by atoms with E-state index in [4.69, 9.17) is 32.9 Å². The van der Waals surface area contributed by atoms with Crippen molar-refractivity contribution in [1.29, 1.82) is 0 Å².